The molecule has 35 heavy (non-hydrogen) atoms. The summed E-state index contributed by atoms with van der Waals surface area (Å²) in [5.74, 6) is -0.587. The maximum Gasteiger partial charge on any atom is 0.254 e. The van der Waals surface area contributed by atoms with Crippen molar-refractivity contribution in [3.05, 3.63) is 101 Å². The summed E-state index contributed by atoms with van der Waals surface area (Å²) in [5, 5.41) is 3.41. The number of hydrogen-bond acceptors (Lipinski definition) is 3. The van der Waals surface area contributed by atoms with E-state index in [1.165, 1.54) is 12.1 Å². The van der Waals surface area contributed by atoms with Crippen LogP contribution in [-0.2, 0) is 4.79 Å². The molecule has 1 N–H and O–H groups in total. The average Bonchev–Trinajstić information content (AvgIpc) is 3.63. The molecule has 1 fully saturated rings. The number of aromatic nitrogens is 2. The lowest BCUT2D eigenvalue weighted by Crippen LogP contribution is -2.39. The van der Waals surface area contributed by atoms with Gasteiger partial charge in [0.05, 0.1) is 5.69 Å². The Hall–Kier alpha value is -3.97. The molecule has 1 aliphatic carbocycles. The molecule has 176 valence electrons. The number of imidazole rings is 1. The van der Waals surface area contributed by atoms with Crippen molar-refractivity contribution in [1.29, 1.82) is 0 Å². The molecule has 1 saturated carbocycles. The molecule has 0 unspecified atom stereocenters. The van der Waals surface area contributed by atoms with Crippen molar-refractivity contribution in [2.24, 2.45) is 0 Å². The molecule has 5 rings (SSSR count). The number of nitrogens with zero attached hydrogens (tertiary/aromatic N) is 3. The van der Waals surface area contributed by atoms with Crippen LogP contribution in [0.15, 0.2) is 85.1 Å². The third kappa shape index (κ3) is 5.25. The molecule has 0 spiro atoms. The van der Waals surface area contributed by atoms with Crippen molar-refractivity contribution in [3.8, 4) is 16.9 Å². The molecule has 0 saturated heterocycles. The van der Waals surface area contributed by atoms with E-state index in [1.807, 2.05) is 30.3 Å². The number of anilines is 1. The number of amides is 2. The highest BCUT2D eigenvalue weighted by molar-refractivity contribution is 6.30. The van der Waals surface area contributed by atoms with Gasteiger partial charge in [0.25, 0.3) is 5.91 Å². The van der Waals surface area contributed by atoms with Crippen LogP contribution in [0.4, 0.5) is 10.3 Å². The molecule has 0 radical (unpaired) electrons. The van der Waals surface area contributed by atoms with E-state index in [0.717, 1.165) is 18.5 Å². The van der Waals surface area contributed by atoms with Crippen LogP contribution < -0.4 is 5.32 Å². The predicted octanol–water partition coefficient (Wildman–Crippen LogP) is 5.58. The number of nitrogens with one attached hydrogen (secondary N) is 1. The molecule has 8 heteroatoms. The molecule has 1 heterocycles. The molecule has 2 amide bonds. The lowest BCUT2D eigenvalue weighted by molar-refractivity contribution is -0.117. The Kier molecular flexibility index (Phi) is 6.33. The lowest BCUT2D eigenvalue weighted by Gasteiger charge is -2.22. The van der Waals surface area contributed by atoms with Crippen LogP contribution in [0.2, 0.25) is 5.02 Å². The van der Waals surface area contributed by atoms with Gasteiger partial charge in [0.2, 0.25) is 11.9 Å². The van der Waals surface area contributed by atoms with E-state index in [-0.39, 0.29) is 30.2 Å². The monoisotopic (exact) mass is 488 g/mol. The summed E-state index contributed by atoms with van der Waals surface area (Å²) in [4.78, 5) is 32.4. The third-order valence-electron chi connectivity index (χ3n) is 5.79. The number of halogens is 2. The van der Waals surface area contributed by atoms with Gasteiger partial charge < -0.3 is 4.90 Å². The van der Waals surface area contributed by atoms with Gasteiger partial charge in [-0.25, -0.2) is 9.37 Å². The van der Waals surface area contributed by atoms with Crippen molar-refractivity contribution in [2.75, 3.05) is 11.9 Å². The standard InChI is InChI=1S/C27H22ClFN4O2/c28-20-10-6-19(7-11-20)26(35)32(23-14-15-23)17-25(34)31-27-30-24(18-8-12-21(29)13-9-18)16-33(27)22-4-2-1-3-5-22/h1-13,16,23H,14-15,17H2,(H,30,31,34). The fraction of sp³-hybridized carbons (Fsp3) is 0.148. The van der Waals surface area contributed by atoms with Crippen LogP contribution in [0.1, 0.15) is 23.2 Å². The van der Waals surface area contributed by atoms with E-state index >= 15 is 0 Å². The first kappa shape index (κ1) is 22.8. The van der Waals surface area contributed by atoms with Crippen LogP contribution in [0, 0.1) is 5.82 Å². The quantitative estimate of drug-likeness (QED) is 0.369. The third-order valence-corrected chi connectivity index (χ3v) is 6.04. The Labute approximate surface area is 207 Å². The molecule has 0 atom stereocenters. The first-order chi connectivity index (χ1) is 17.0. The highest BCUT2D eigenvalue weighted by Gasteiger charge is 2.34. The normalized spacial score (nSPS) is 12.9. The number of benzene rings is 3. The zero-order chi connectivity index (χ0) is 24.4. The van der Waals surface area contributed by atoms with Crippen molar-refractivity contribution in [1.82, 2.24) is 14.5 Å². The summed E-state index contributed by atoms with van der Waals surface area (Å²) in [6, 6.07) is 22.1. The minimum absolute atomic E-state index is 0.0348. The van der Waals surface area contributed by atoms with Crippen molar-refractivity contribution in [2.45, 2.75) is 18.9 Å². The molecular formula is C27H22ClFN4O2. The minimum atomic E-state index is -0.354. The molecule has 1 aliphatic rings. The summed E-state index contributed by atoms with van der Waals surface area (Å²) < 4.78 is 15.2. The van der Waals surface area contributed by atoms with E-state index < -0.39 is 0 Å². The number of hydrogen-bond donors (Lipinski definition) is 1. The average molecular weight is 489 g/mol. The zero-order valence-corrected chi connectivity index (χ0v) is 19.5. The van der Waals surface area contributed by atoms with Gasteiger partial charge in [0.15, 0.2) is 0 Å². The molecule has 4 aromatic rings. The van der Waals surface area contributed by atoms with Gasteiger partial charge in [0.1, 0.15) is 12.4 Å². The summed E-state index contributed by atoms with van der Waals surface area (Å²) in [6.07, 6.45) is 3.51. The Bertz CT molecular complexity index is 1350. The lowest BCUT2D eigenvalue weighted by atomic mass is 10.2. The number of carbonyl (C=O) groups is 2. The van der Waals surface area contributed by atoms with Crippen molar-refractivity contribution >= 4 is 29.4 Å². The molecule has 1 aromatic heterocycles. The van der Waals surface area contributed by atoms with Crippen molar-refractivity contribution < 1.29 is 14.0 Å². The molecule has 0 bridgehead atoms. The fourth-order valence-corrected chi connectivity index (χ4v) is 3.97. The van der Waals surface area contributed by atoms with Crippen LogP contribution >= 0.6 is 11.6 Å². The van der Waals surface area contributed by atoms with Crippen LogP contribution in [-0.4, -0.2) is 38.9 Å². The van der Waals surface area contributed by atoms with E-state index in [2.05, 4.69) is 10.3 Å². The van der Waals surface area contributed by atoms with Crippen LogP contribution in [0.25, 0.3) is 16.9 Å². The minimum Gasteiger partial charge on any atom is -0.326 e. The second kappa shape index (κ2) is 9.72. The van der Waals surface area contributed by atoms with Crippen LogP contribution in [0.3, 0.4) is 0 Å². The summed E-state index contributed by atoms with van der Waals surface area (Å²) in [5.41, 5.74) is 2.59. The van der Waals surface area contributed by atoms with Gasteiger partial charge in [-0.05, 0) is 73.5 Å². The largest absolute Gasteiger partial charge is 0.326 e. The maximum absolute atomic E-state index is 13.4. The maximum atomic E-state index is 13.4. The van der Waals surface area contributed by atoms with E-state index in [0.29, 0.717) is 27.8 Å². The van der Waals surface area contributed by atoms with E-state index in [9.17, 15) is 14.0 Å². The Balaban J connectivity index is 1.40. The summed E-state index contributed by atoms with van der Waals surface area (Å²) in [7, 11) is 0. The highest BCUT2D eigenvalue weighted by Crippen LogP contribution is 2.29. The topological polar surface area (TPSA) is 67.2 Å². The van der Waals surface area contributed by atoms with Gasteiger partial charge in [0, 0.05) is 34.1 Å². The zero-order valence-electron chi connectivity index (χ0n) is 18.7. The number of carbonyl (C=O) groups excluding carboxylic acids is 2. The summed E-state index contributed by atoms with van der Waals surface area (Å²) in [6.45, 7) is -0.0976. The first-order valence-corrected chi connectivity index (χ1v) is 11.6. The molecule has 6 nitrogen and oxygen atoms in total. The Morgan fingerprint density at radius 2 is 1.69 bits per heavy atom. The van der Waals surface area contributed by atoms with Gasteiger partial charge in [-0.2, -0.15) is 0 Å². The van der Waals surface area contributed by atoms with Crippen molar-refractivity contribution in [3.63, 3.8) is 0 Å². The Morgan fingerprint density at radius 3 is 2.34 bits per heavy atom. The van der Waals surface area contributed by atoms with Gasteiger partial charge in [-0.3, -0.25) is 19.5 Å². The fourth-order valence-electron chi connectivity index (χ4n) is 3.84. The predicted molar refractivity (Wildman–Crippen MR) is 133 cm³/mol. The second-order valence-electron chi connectivity index (χ2n) is 8.38. The van der Waals surface area contributed by atoms with E-state index in [1.54, 1.807) is 52.1 Å². The van der Waals surface area contributed by atoms with Crippen LogP contribution in [0.5, 0.6) is 0 Å². The number of rotatable bonds is 7. The highest BCUT2D eigenvalue weighted by atomic mass is 35.5. The van der Waals surface area contributed by atoms with Gasteiger partial charge in [-0.15, -0.1) is 0 Å². The summed E-state index contributed by atoms with van der Waals surface area (Å²) >= 11 is 5.95. The SMILES string of the molecule is O=C(CN(C(=O)c1ccc(Cl)cc1)C1CC1)Nc1nc(-c2ccc(F)cc2)cn1-c1ccccc1. The molecule has 0 aliphatic heterocycles. The number of para-hydroxylation sites is 1. The smallest absolute Gasteiger partial charge is 0.254 e. The first-order valence-electron chi connectivity index (χ1n) is 11.2. The van der Waals surface area contributed by atoms with Gasteiger partial charge >= 0.3 is 0 Å². The Morgan fingerprint density at radius 1 is 1.00 bits per heavy atom. The molecular weight excluding hydrogens is 467 g/mol. The molecule has 3 aromatic carbocycles. The van der Waals surface area contributed by atoms with E-state index in [4.69, 9.17) is 11.6 Å². The van der Waals surface area contributed by atoms with Gasteiger partial charge in [-0.1, -0.05) is 29.8 Å². The second-order valence-corrected chi connectivity index (χ2v) is 8.82.